The number of nitrogens with one attached hydrogen (secondary N) is 2. The average Bonchev–Trinajstić information content (AvgIpc) is 3.42. The largest absolute Gasteiger partial charge is 0.493 e. The van der Waals surface area contributed by atoms with Gasteiger partial charge in [0.15, 0.2) is 11.5 Å². The van der Waals surface area contributed by atoms with Gasteiger partial charge >= 0.3 is 0 Å². The van der Waals surface area contributed by atoms with Crippen LogP contribution >= 0.6 is 0 Å². The van der Waals surface area contributed by atoms with Gasteiger partial charge in [-0.05, 0) is 48.7 Å². The molecule has 2 aromatic heterocycles. The van der Waals surface area contributed by atoms with Gasteiger partial charge in [0.25, 0.3) is 5.56 Å². The number of aliphatic hydroxyl groups excluding tert-OH is 1. The van der Waals surface area contributed by atoms with E-state index in [0.29, 0.717) is 48.1 Å². The van der Waals surface area contributed by atoms with Gasteiger partial charge in [0.05, 0.1) is 26.9 Å². The van der Waals surface area contributed by atoms with E-state index in [9.17, 15) is 9.90 Å². The molecule has 34 heavy (non-hydrogen) atoms. The number of hydrogen-bond donors (Lipinski definition) is 3. The Bertz CT molecular complexity index is 1380. The number of furan rings is 1. The smallest absolute Gasteiger partial charge is 0.294 e. The third kappa shape index (κ3) is 4.44. The highest BCUT2D eigenvalue weighted by Gasteiger charge is 2.22. The Morgan fingerprint density at radius 2 is 2.06 bits per heavy atom. The Balaban J connectivity index is 1.34. The molecule has 1 atom stereocenters. The number of anilines is 1. The van der Waals surface area contributed by atoms with Crippen LogP contribution in [0, 0.1) is 0 Å². The number of ether oxygens (including phenoxy) is 2. The van der Waals surface area contributed by atoms with E-state index in [0.717, 1.165) is 36.0 Å². The zero-order chi connectivity index (χ0) is 23.7. The number of methoxy groups -OCH3 is 2. The molecule has 1 aliphatic heterocycles. The lowest BCUT2D eigenvalue weighted by atomic mass is 10.1. The van der Waals surface area contributed by atoms with E-state index in [2.05, 4.69) is 15.2 Å². The summed E-state index contributed by atoms with van der Waals surface area (Å²) in [4.78, 5) is 22.2. The van der Waals surface area contributed by atoms with Crippen LogP contribution in [0.5, 0.6) is 11.5 Å². The highest BCUT2D eigenvalue weighted by Crippen LogP contribution is 2.29. The number of fused-ring (bicyclic) bond motifs is 3. The lowest BCUT2D eigenvalue weighted by Crippen LogP contribution is -2.24. The minimum absolute atomic E-state index is 0.225. The zero-order valence-electron chi connectivity index (χ0n) is 19.3. The van der Waals surface area contributed by atoms with Crippen molar-refractivity contribution in [1.29, 1.82) is 0 Å². The molecule has 5 rings (SSSR count). The first-order valence-electron chi connectivity index (χ1n) is 11.3. The summed E-state index contributed by atoms with van der Waals surface area (Å²) in [5.74, 6) is 1.99. The van der Waals surface area contributed by atoms with Crippen LogP contribution in [0.15, 0.2) is 45.6 Å². The van der Waals surface area contributed by atoms with Gasteiger partial charge < -0.3 is 29.3 Å². The SMILES string of the molecule is COc1ccc(CCNc2ccc3oc4c(=O)[nH]c(CN5CC[C@H](O)C5)nc4c3c2)cc1OC. The predicted octanol–water partition coefficient (Wildman–Crippen LogP) is 2.91. The molecular formula is C25H28N4O5. The third-order valence-electron chi connectivity index (χ3n) is 6.18. The fourth-order valence-corrected chi connectivity index (χ4v) is 4.44. The molecule has 0 radical (unpaired) electrons. The highest BCUT2D eigenvalue weighted by molar-refractivity contribution is 6.03. The molecule has 2 aromatic carbocycles. The van der Waals surface area contributed by atoms with Crippen molar-refractivity contribution in [1.82, 2.24) is 14.9 Å². The number of likely N-dealkylation sites (tertiary alicyclic amines) is 1. The van der Waals surface area contributed by atoms with Crippen LogP contribution in [0.4, 0.5) is 5.69 Å². The van der Waals surface area contributed by atoms with Crippen molar-refractivity contribution in [3.05, 3.63) is 58.1 Å². The highest BCUT2D eigenvalue weighted by atomic mass is 16.5. The summed E-state index contributed by atoms with van der Waals surface area (Å²) in [6.07, 6.45) is 1.21. The molecule has 1 aliphatic rings. The molecule has 4 aromatic rings. The lowest BCUT2D eigenvalue weighted by molar-refractivity contribution is 0.174. The Labute approximate surface area is 196 Å². The number of aromatic amines is 1. The Morgan fingerprint density at radius 3 is 2.82 bits per heavy atom. The fourth-order valence-electron chi connectivity index (χ4n) is 4.44. The van der Waals surface area contributed by atoms with E-state index in [-0.39, 0.29) is 17.2 Å². The molecule has 0 saturated carbocycles. The normalized spacial score (nSPS) is 16.4. The van der Waals surface area contributed by atoms with E-state index in [1.54, 1.807) is 14.2 Å². The van der Waals surface area contributed by atoms with E-state index in [1.807, 2.05) is 36.4 Å². The van der Waals surface area contributed by atoms with Crippen LogP contribution in [0.2, 0.25) is 0 Å². The molecule has 0 amide bonds. The van der Waals surface area contributed by atoms with Crippen molar-refractivity contribution in [3.8, 4) is 11.5 Å². The fraction of sp³-hybridized carbons (Fsp3) is 0.360. The summed E-state index contributed by atoms with van der Waals surface area (Å²) in [5.41, 5.74) is 3.15. The van der Waals surface area contributed by atoms with E-state index >= 15 is 0 Å². The van der Waals surface area contributed by atoms with Crippen LogP contribution in [-0.2, 0) is 13.0 Å². The Morgan fingerprint density at radius 1 is 1.21 bits per heavy atom. The van der Waals surface area contributed by atoms with E-state index < -0.39 is 0 Å². The van der Waals surface area contributed by atoms with Crippen LogP contribution in [0.3, 0.4) is 0 Å². The third-order valence-corrected chi connectivity index (χ3v) is 6.18. The van der Waals surface area contributed by atoms with Crippen molar-refractivity contribution in [2.45, 2.75) is 25.5 Å². The van der Waals surface area contributed by atoms with Crippen molar-refractivity contribution < 1.29 is 19.0 Å². The van der Waals surface area contributed by atoms with Gasteiger partial charge in [-0.2, -0.15) is 0 Å². The molecule has 9 heteroatoms. The van der Waals surface area contributed by atoms with Gasteiger partial charge in [0.2, 0.25) is 5.58 Å². The summed E-state index contributed by atoms with van der Waals surface area (Å²) in [7, 11) is 3.25. The minimum atomic E-state index is -0.321. The van der Waals surface area contributed by atoms with Crippen molar-refractivity contribution in [2.75, 3.05) is 39.2 Å². The molecule has 0 aliphatic carbocycles. The summed E-state index contributed by atoms with van der Waals surface area (Å²) in [5, 5.41) is 14.0. The van der Waals surface area contributed by atoms with Gasteiger partial charge in [-0.15, -0.1) is 0 Å². The minimum Gasteiger partial charge on any atom is -0.493 e. The standard InChI is InChI=1S/C25H28N4O5/c1-32-20-5-3-15(11-21(20)33-2)7-9-26-16-4-6-19-18(12-16)23-24(34-19)25(31)28-22(27-23)14-29-10-8-17(30)13-29/h3-6,11-12,17,26,30H,7-10,13-14H2,1-2H3,(H,27,28,31)/t17-/m0/s1. The quantitative estimate of drug-likeness (QED) is 0.365. The van der Waals surface area contributed by atoms with Crippen molar-refractivity contribution in [3.63, 3.8) is 0 Å². The topological polar surface area (TPSA) is 113 Å². The molecule has 178 valence electrons. The number of aromatic nitrogens is 2. The summed E-state index contributed by atoms with van der Waals surface area (Å²) in [6.45, 7) is 2.57. The first kappa shape index (κ1) is 22.2. The number of rotatable bonds is 8. The Kier molecular flexibility index (Phi) is 6.12. The van der Waals surface area contributed by atoms with Crippen LogP contribution in [0.25, 0.3) is 22.1 Å². The molecule has 0 bridgehead atoms. The molecule has 0 spiro atoms. The molecule has 1 saturated heterocycles. The summed E-state index contributed by atoms with van der Waals surface area (Å²) in [6, 6.07) is 11.6. The number of β-amino-alcohol motifs (C(OH)–C–C–N with tert-alkyl or cyclic N) is 1. The molecule has 3 N–H and O–H groups in total. The second kappa shape index (κ2) is 9.36. The Hall–Kier alpha value is -3.56. The van der Waals surface area contributed by atoms with Gasteiger partial charge in [-0.3, -0.25) is 9.69 Å². The van der Waals surface area contributed by atoms with Crippen LogP contribution in [0.1, 0.15) is 17.8 Å². The molecule has 9 nitrogen and oxygen atoms in total. The van der Waals surface area contributed by atoms with Gasteiger partial charge in [-0.1, -0.05) is 6.07 Å². The number of H-pyrrole nitrogens is 1. The number of benzene rings is 2. The monoisotopic (exact) mass is 464 g/mol. The lowest BCUT2D eigenvalue weighted by Gasteiger charge is -2.13. The number of hydrogen-bond acceptors (Lipinski definition) is 8. The van der Waals surface area contributed by atoms with E-state index in [1.165, 1.54) is 0 Å². The average molecular weight is 465 g/mol. The maximum Gasteiger partial charge on any atom is 0.294 e. The maximum absolute atomic E-state index is 12.6. The maximum atomic E-state index is 12.6. The van der Waals surface area contributed by atoms with Crippen LogP contribution < -0.4 is 20.3 Å². The molecule has 3 heterocycles. The van der Waals surface area contributed by atoms with E-state index in [4.69, 9.17) is 18.9 Å². The zero-order valence-corrected chi connectivity index (χ0v) is 19.3. The van der Waals surface area contributed by atoms with Crippen molar-refractivity contribution in [2.24, 2.45) is 0 Å². The van der Waals surface area contributed by atoms with Crippen molar-refractivity contribution >= 4 is 27.8 Å². The van der Waals surface area contributed by atoms with Gasteiger partial charge in [-0.25, -0.2) is 4.98 Å². The number of aliphatic hydroxyl groups is 1. The first-order chi connectivity index (χ1) is 16.5. The van der Waals surface area contributed by atoms with Gasteiger partial charge in [0, 0.05) is 30.7 Å². The second-order valence-corrected chi connectivity index (χ2v) is 8.55. The predicted molar refractivity (Wildman–Crippen MR) is 130 cm³/mol. The molecule has 0 unspecified atom stereocenters. The number of nitrogens with zero attached hydrogens (tertiary/aromatic N) is 2. The second-order valence-electron chi connectivity index (χ2n) is 8.55. The summed E-state index contributed by atoms with van der Waals surface area (Å²) < 4.78 is 16.5. The molecular weight excluding hydrogens is 436 g/mol. The molecule has 1 fully saturated rings. The summed E-state index contributed by atoms with van der Waals surface area (Å²) >= 11 is 0. The van der Waals surface area contributed by atoms with Crippen LogP contribution in [-0.4, -0.2) is 59.9 Å². The first-order valence-corrected chi connectivity index (χ1v) is 11.3. The van der Waals surface area contributed by atoms with Gasteiger partial charge in [0.1, 0.15) is 16.9 Å².